The molecule has 150 valence electrons. The normalized spacial score (nSPS) is 20.1. The van der Waals surface area contributed by atoms with Crippen LogP contribution in [0.25, 0.3) is 0 Å². The van der Waals surface area contributed by atoms with Crippen molar-refractivity contribution >= 4 is 17.6 Å². The summed E-state index contributed by atoms with van der Waals surface area (Å²) in [7, 11) is 0. The molecule has 29 heavy (non-hydrogen) atoms. The van der Waals surface area contributed by atoms with E-state index in [0.717, 1.165) is 5.56 Å². The van der Waals surface area contributed by atoms with Crippen molar-refractivity contribution in [3.05, 3.63) is 65.5 Å². The topological polar surface area (TPSA) is 70.6 Å². The van der Waals surface area contributed by atoms with Crippen molar-refractivity contribution < 1.29 is 14.4 Å². The average Bonchev–Trinajstić information content (AvgIpc) is 2.73. The van der Waals surface area contributed by atoms with Crippen LogP contribution in [0, 0.1) is 0 Å². The van der Waals surface area contributed by atoms with E-state index in [-0.39, 0.29) is 48.4 Å². The summed E-state index contributed by atoms with van der Waals surface area (Å²) < 4.78 is 0. The minimum atomic E-state index is -0.155. The molecular formula is C23H25N3O3. The number of rotatable bonds is 4. The van der Waals surface area contributed by atoms with Crippen LogP contribution in [-0.4, -0.2) is 52.0 Å². The van der Waals surface area contributed by atoms with Crippen molar-refractivity contribution in [1.82, 2.24) is 14.8 Å². The molecule has 1 atom stereocenters. The van der Waals surface area contributed by atoms with E-state index in [1.54, 1.807) is 23.2 Å². The highest BCUT2D eigenvalue weighted by Gasteiger charge is 2.44. The number of piperazine rings is 1. The summed E-state index contributed by atoms with van der Waals surface area (Å²) in [4.78, 5) is 45.4. The monoisotopic (exact) mass is 391 g/mol. The second-order valence-corrected chi connectivity index (χ2v) is 8.45. The van der Waals surface area contributed by atoms with Gasteiger partial charge in [-0.15, -0.1) is 0 Å². The van der Waals surface area contributed by atoms with Gasteiger partial charge in [0, 0.05) is 49.3 Å². The van der Waals surface area contributed by atoms with Gasteiger partial charge in [-0.05, 0) is 23.3 Å². The number of Topliss-reactive ketones (excluding diaryl/α,β-unsaturated/α-hetero) is 1. The Balaban J connectivity index is 1.48. The van der Waals surface area contributed by atoms with E-state index in [2.05, 4.69) is 31.0 Å². The SMILES string of the molecule is CC1(C)CN2C(=O)CN(C(=O)CCC(=O)c3cccnc3)CC2c2ccccc21. The largest absolute Gasteiger partial charge is 0.331 e. The molecule has 1 fully saturated rings. The third-order valence-electron chi connectivity index (χ3n) is 5.93. The maximum Gasteiger partial charge on any atom is 0.242 e. The Morgan fingerprint density at radius 3 is 2.69 bits per heavy atom. The highest BCUT2D eigenvalue weighted by Crippen LogP contribution is 2.41. The zero-order valence-corrected chi connectivity index (χ0v) is 16.8. The third-order valence-corrected chi connectivity index (χ3v) is 5.93. The van der Waals surface area contributed by atoms with Crippen molar-refractivity contribution in [2.75, 3.05) is 19.6 Å². The fourth-order valence-electron chi connectivity index (χ4n) is 4.42. The molecule has 2 aliphatic rings. The number of nitrogens with zero attached hydrogens (tertiary/aromatic N) is 3. The molecule has 1 unspecified atom stereocenters. The molecule has 1 aromatic heterocycles. The van der Waals surface area contributed by atoms with E-state index in [1.807, 2.05) is 17.0 Å². The highest BCUT2D eigenvalue weighted by atomic mass is 16.2. The van der Waals surface area contributed by atoms with Crippen LogP contribution in [0.5, 0.6) is 0 Å². The Morgan fingerprint density at radius 2 is 1.93 bits per heavy atom. The predicted molar refractivity (Wildman–Crippen MR) is 108 cm³/mol. The number of carbonyl (C=O) groups excluding carboxylic acids is 3. The summed E-state index contributed by atoms with van der Waals surface area (Å²) >= 11 is 0. The zero-order chi connectivity index (χ0) is 20.6. The van der Waals surface area contributed by atoms with Crippen LogP contribution < -0.4 is 0 Å². The van der Waals surface area contributed by atoms with Gasteiger partial charge in [-0.25, -0.2) is 0 Å². The van der Waals surface area contributed by atoms with Crippen LogP contribution in [0.4, 0.5) is 0 Å². The molecule has 1 saturated heterocycles. The van der Waals surface area contributed by atoms with E-state index in [9.17, 15) is 14.4 Å². The van der Waals surface area contributed by atoms with Crippen LogP contribution >= 0.6 is 0 Å². The van der Waals surface area contributed by atoms with E-state index >= 15 is 0 Å². The molecule has 3 heterocycles. The maximum absolute atomic E-state index is 12.9. The molecule has 6 nitrogen and oxygen atoms in total. The third kappa shape index (κ3) is 3.67. The number of pyridine rings is 1. The number of benzene rings is 1. The lowest BCUT2D eigenvalue weighted by Crippen LogP contribution is -2.58. The van der Waals surface area contributed by atoms with Gasteiger partial charge in [-0.3, -0.25) is 19.4 Å². The summed E-state index contributed by atoms with van der Waals surface area (Å²) in [6.45, 7) is 5.50. The first-order valence-electron chi connectivity index (χ1n) is 9.97. The number of amides is 2. The highest BCUT2D eigenvalue weighted by molar-refractivity contribution is 5.98. The Bertz CT molecular complexity index is 955. The van der Waals surface area contributed by atoms with E-state index < -0.39 is 0 Å². The molecule has 0 radical (unpaired) electrons. The molecule has 1 aromatic carbocycles. The van der Waals surface area contributed by atoms with Gasteiger partial charge >= 0.3 is 0 Å². The second kappa shape index (κ2) is 7.43. The van der Waals surface area contributed by atoms with Crippen molar-refractivity contribution in [3.8, 4) is 0 Å². The summed E-state index contributed by atoms with van der Waals surface area (Å²) in [5.41, 5.74) is 2.73. The van der Waals surface area contributed by atoms with Gasteiger partial charge in [0.15, 0.2) is 5.78 Å². The van der Waals surface area contributed by atoms with Gasteiger partial charge in [0.2, 0.25) is 11.8 Å². The second-order valence-electron chi connectivity index (χ2n) is 8.45. The number of carbonyl (C=O) groups is 3. The van der Waals surface area contributed by atoms with Crippen molar-refractivity contribution in [2.24, 2.45) is 0 Å². The van der Waals surface area contributed by atoms with Crippen LogP contribution in [0.15, 0.2) is 48.8 Å². The molecule has 0 N–H and O–H groups in total. The summed E-state index contributed by atoms with van der Waals surface area (Å²) in [6.07, 6.45) is 3.33. The van der Waals surface area contributed by atoms with Gasteiger partial charge in [-0.1, -0.05) is 38.1 Å². The van der Waals surface area contributed by atoms with Crippen molar-refractivity contribution in [1.29, 1.82) is 0 Å². The maximum atomic E-state index is 12.9. The molecular weight excluding hydrogens is 366 g/mol. The molecule has 6 heteroatoms. The minimum absolute atomic E-state index is 0.0317. The van der Waals surface area contributed by atoms with Crippen LogP contribution in [-0.2, 0) is 15.0 Å². The number of fused-ring (bicyclic) bond motifs is 3. The van der Waals surface area contributed by atoms with Crippen molar-refractivity contribution in [3.63, 3.8) is 0 Å². The quantitative estimate of drug-likeness (QED) is 0.752. The van der Waals surface area contributed by atoms with Gasteiger partial charge in [-0.2, -0.15) is 0 Å². The van der Waals surface area contributed by atoms with Gasteiger partial charge in [0.1, 0.15) is 0 Å². The van der Waals surface area contributed by atoms with Crippen LogP contribution in [0.2, 0.25) is 0 Å². The molecule has 2 amide bonds. The van der Waals surface area contributed by atoms with E-state index in [1.165, 1.54) is 11.8 Å². The number of hydrogen-bond donors (Lipinski definition) is 0. The Kier molecular flexibility index (Phi) is 4.94. The Hall–Kier alpha value is -3.02. The lowest BCUT2D eigenvalue weighted by Gasteiger charge is -2.49. The molecule has 0 spiro atoms. The lowest BCUT2D eigenvalue weighted by molar-refractivity contribution is -0.150. The summed E-state index contributed by atoms with van der Waals surface area (Å²) in [6, 6.07) is 11.5. The molecule has 2 aromatic rings. The first kappa shape index (κ1) is 19.3. The number of ketones is 1. The number of hydrogen-bond acceptors (Lipinski definition) is 4. The molecule has 0 aliphatic carbocycles. The Labute approximate surface area is 170 Å². The zero-order valence-electron chi connectivity index (χ0n) is 16.8. The molecule has 0 saturated carbocycles. The summed E-state index contributed by atoms with van der Waals surface area (Å²) in [5, 5.41) is 0. The Morgan fingerprint density at radius 1 is 1.14 bits per heavy atom. The average molecular weight is 391 g/mol. The molecule has 4 rings (SSSR count). The first-order valence-corrected chi connectivity index (χ1v) is 9.97. The lowest BCUT2D eigenvalue weighted by atomic mass is 9.75. The van der Waals surface area contributed by atoms with Gasteiger partial charge in [0.05, 0.1) is 12.6 Å². The van der Waals surface area contributed by atoms with Gasteiger partial charge in [0.25, 0.3) is 0 Å². The number of aromatic nitrogens is 1. The smallest absolute Gasteiger partial charge is 0.242 e. The van der Waals surface area contributed by atoms with Crippen LogP contribution in [0.3, 0.4) is 0 Å². The van der Waals surface area contributed by atoms with Crippen LogP contribution in [0.1, 0.15) is 54.2 Å². The van der Waals surface area contributed by atoms with Gasteiger partial charge < -0.3 is 9.80 Å². The van der Waals surface area contributed by atoms with E-state index in [4.69, 9.17) is 0 Å². The fourth-order valence-corrected chi connectivity index (χ4v) is 4.42. The summed E-state index contributed by atoms with van der Waals surface area (Å²) in [5.74, 6) is -0.297. The van der Waals surface area contributed by atoms with Crippen molar-refractivity contribution in [2.45, 2.75) is 38.1 Å². The minimum Gasteiger partial charge on any atom is -0.331 e. The predicted octanol–water partition coefficient (Wildman–Crippen LogP) is 2.75. The van der Waals surface area contributed by atoms with E-state index in [0.29, 0.717) is 18.7 Å². The molecule has 0 bridgehead atoms. The standard InChI is InChI=1S/C23H25N3O3/c1-23(2)15-26-19(17-7-3-4-8-18(17)23)13-25(14-22(26)29)21(28)10-9-20(27)16-6-5-11-24-12-16/h3-8,11-12,19H,9-10,13-15H2,1-2H3. The fraction of sp³-hybridized carbons (Fsp3) is 0.391. The molecule has 2 aliphatic heterocycles. The first-order chi connectivity index (χ1) is 13.9.